The first-order chi connectivity index (χ1) is 5.21. The SMILES string of the molecule is O=S(=O)([O-])CSCCC(F)(F)F.[Na+]. The van der Waals surface area contributed by atoms with Crippen LogP contribution in [-0.2, 0) is 10.1 Å². The van der Waals surface area contributed by atoms with Crippen molar-refractivity contribution in [2.24, 2.45) is 0 Å². The van der Waals surface area contributed by atoms with Crippen LogP contribution in [0.4, 0.5) is 13.2 Å². The maximum atomic E-state index is 11.4. The van der Waals surface area contributed by atoms with E-state index < -0.39 is 33.6 Å². The molecule has 0 aliphatic rings. The molecule has 0 fully saturated rings. The molecule has 0 heterocycles. The zero-order chi connectivity index (χ0) is 9.83. The maximum absolute atomic E-state index is 11.4. The molecule has 0 aromatic carbocycles. The van der Waals surface area contributed by atoms with Crippen LogP contribution in [0.2, 0.25) is 0 Å². The van der Waals surface area contributed by atoms with Crippen molar-refractivity contribution < 1.29 is 55.7 Å². The minimum absolute atomic E-state index is 0. The molecule has 0 bridgehead atoms. The van der Waals surface area contributed by atoms with Gasteiger partial charge in [-0.15, -0.1) is 11.8 Å². The van der Waals surface area contributed by atoms with Crippen LogP contribution in [0.1, 0.15) is 6.42 Å². The van der Waals surface area contributed by atoms with Gasteiger partial charge in [-0.3, -0.25) is 0 Å². The van der Waals surface area contributed by atoms with Crippen molar-refractivity contribution in [3.63, 3.8) is 0 Å². The Hall–Kier alpha value is 1.05. The quantitative estimate of drug-likeness (QED) is 0.333. The number of halogens is 3. The Morgan fingerprint density at radius 2 is 1.77 bits per heavy atom. The Kier molecular flexibility index (Phi) is 8.26. The number of thioether (sulfide) groups is 1. The van der Waals surface area contributed by atoms with Crippen LogP contribution in [0.5, 0.6) is 0 Å². The van der Waals surface area contributed by atoms with Gasteiger partial charge in [0.05, 0.1) is 11.5 Å². The van der Waals surface area contributed by atoms with Crippen molar-refractivity contribution in [1.29, 1.82) is 0 Å². The molecule has 0 aromatic rings. The summed E-state index contributed by atoms with van der Waals surface area (Å²) < 4.78 is 64.0. The summed E-state index contributed by atoms with van der Waals surface area (Å²) in [7, 11) is -4.40. The van der Waals surface area contributed by atoms with E-state index in [0.717, 1.165) is 0 Å². The topological polar surface area (TPSA) is 57.2 Å². The molecule has 0 unspecified atom stereocenters. The van der Waals surface area contributed by atoms with Crippen LogP contribution in [-0.4, -0.2) is 30.0 Å². The van der Waals surface area contributed by atoms with Gasteiger partial charge in [0.15, 0.2) is 0 Å². The van der Waals surface area contributed by atoms with Crippen molar-refractivity contribution in [2.45, 2.75) is 12.6 Å². The summed E-state index contributed by atoms with van der Waals surface area (Å²) in [5, 5.41) is -0.802. The molecule has 0 radical (unpaired) electrons. The molecule has 0 saturated heterocycles. The van der Waals surface area contributed by atoms with E-state index in [2.05, 4.69) is 0 Å². The van der Waals surface area contributed by atoms with Crippen molar-refractivity contribution in [3.8, 4) is 0 Å². The molecule has 0 aliphatic heterocycles. The van der Waals surface area contributed by atoms with Gasteiger partial charge < -0.3 is 4.55 Å². The first-order valence-corrected chi connectivity index (χ1v) is 5.52. The first-order valence-electron chi connectivity index (χ1n) is 2.79. The van der Waals surface area contributed by atoms with E-state index in [1.165, 1.54) is 0 Å². The van der Waals surface area contributed by atoms with Crippen molar-refractivity contribution in [3.05, 3.63) is 0 Å². The molecule has 9 heteroatoms. The third-order valence-electron chi connectivity index (χ3n) is 0.758. The van der Waals surface area contributed by atoms with Gasteiger partial charge in [0.1, 0.15) is 10.1 Å². The summed E-state index contributed by atoms with van der Waals surface area (Å²) >= 11 is 0.467. The monoisotopic (exact) mass is 246 g/mol. The molecule has 0 aromatic heterocycles. The van der Waals surface area contributed by atoms with E-state index >= 15 is 0 Å². The van der Waals surface area contributed by atoms with E-state index in [1.54, 1.807) is 0 Å². The molecule has 0 spiro atoms. The summed E-state index contributed by atoms with van der Waals surface area (Å²) in [6, 6.07) is 0. The molecule has 13 heavy (non-hydrogen) atoms. The first kappa shape index (κ1) is 16.5. The zero-order valence-electron chi connectivity index (χ0n) is 6.80. The molecular weight excluding hydrogens is 240 g/mol. The van der Waals surface area contributed by atoms with E-state index in [-0.39, 0.29) is 29.6 Å². The Labute approximate surface area is 100 Å². The molecule has 0 N–H and O–H groups in total. The van der Waals surface area contributed by atoms with Crippen LogP contribution in [0.15, 0.2) is 0 Å². The molecule has 0 amide bonds. The second-order valence-corrected chi connectivity index (χ2v) is 4.82. The largest absolute Gasteiger partial charge is 1.00 e. The van der Waals surface area contributed by atoms with Crippen LogP contribution >= 0.6 is 11.8 Å². The average Bonchev–Trinajstić information content (AvgIpc) is 1.76. The second kappa shape index (κ2) is 6.52. The molecule has 0 saturated carbocycles. The van der Waals surface area contributed by atoms with Gasteiger partial charge >= 0.3 is 35.7 Å². The van der Waals surface area contributed by atoms with E-state index in [1.807, 2.05) is 0 Å². The van der Waals surface area contributed by atoms with Gasteiger partial charge in [0.2, 0.25) is 0 Å². The van der Waals surface area contributed by atoms with Gasteiger partial charge in [-0.1, -0.05) is 0 Å². The van der Waals surface area contributed by atoms with Crippen LogP contribution in [0.3, 0.4) is 0 Å². The fourth-order valence-electron chi connectivity index (χ4n) is 0.349. The minimum Gasteiger partial charge on any atom is -0.747 e. The van der Waals surface area contributed by atoms with Gasteiger partial charge in [0, 0.05) is 5.75 Å². The fourth-order valence-corrected chi connectivity index (χ4v) is 2.01. The smallest absolute Gasteiger partial charge is 0.747 e. The molecule has 0 aliphatic carbocycles. The average molecular weight is 246 g/mol. The fraction of sp³-hybridized carbons (Fsp3) is 1.00. The van der Waals surface area contributed by atoms with E-state index in [0.29, 0.717) is 11.8 Å². The summed E-state index contributed by atoms with van der Waals surface area (Å²) in [5.41, 5.74) is 0. The Balaban J connectivity index is 0. The predicted molar refractivity (Wildman–Crippen MR) is 37.7 cm³/mol. The molecule has 3 nitrogen and oxygen atoms in total. The molecule has 74 valence electrons. The second-order valence-electron chi connectivity index (χ2n) is 1.95. The van der Waals surface area contributed by atoms with E-state index in [9.17, 15) is 26.1 Å². The molecular formula is C4H6F3NaO3S2. The maximum Gasteiger partial charge on any atom is 1.00 e. The summed E-state index contributed by atoms with van der Waals surface area (Å²) in [4.78, 5) is 0. The number of hydrogen-bond donors (Lipinski definition) is 0. The van der Waals surface area contributed by atoms with Crippen molar-refractivity contribution in [1.82, 2.24) is 0 Å². The molecule has 0 atom stereocenters. The zero-order valence-corrected chi connectivity index (χ0v) is 10.4. The van der Waals surface area contributed by atoms with Gasteiger partial charge in [-0.05, 0) is 0 Å². The number of hydrogen-bond acceptors (Lipinski definition) is 4. The minimum atomic E-state index is -4.40. The van der Waals surface area contributed by atoms with Crippen LogP contribution in [0.25, 0.3) is 0 Å². The van der Waals surface area contributed by atoms with Gasteiger partial charge in [-0.2, -0.15) is 13.2 Å². The summed E-state index contributed by atoms with van der Waals surface area (Å²) in [5.74, 6) is -0.398. The summed E-state index contributed by atoms with van der Waals surface area (Å²) in [6.45, 7) is 0. The Morgan fingerprint density at radius 1 is 1.31 bits per heavy atom. The van der Waals surface area contributed by atoms with Crippen molar-refractivity contribution >= 4 is 21.9 Å². The number of alkyl halides is 3. The van der Waals surface area contributed by atoms with Crippen LogP contribution < -0.4 is 29.6 Å². The third kappa shape index (κ3) is 15.8. The standard InChI is InChI=1S/C4H7F3O3S2.Na/c5-4(6,7)1-2-11-3-12(8,9)10;/h1-3H2,(H,8,9,10);/q;+1/p-1. The van der Waals surface area contributed by atoms with Crippen molar-refractivity contribution in [2.75, 3.05) is 10.8 Å². The van der Waals surface area contributed by atoms with Crippen LogP contribution in [0, 0.1) is 0 Å². The molecule has 0 rings (SSSR count). The van der Waals surface area contributed by atoms with E-state index in [4.69, 9.17) is 0 Å². The Morgan fingerprint density at radius 3 is 2.08 bits per heavy atom. The third-order valence-corrected chi connectivity index (χ3v) is 3.07. The van der Waals surface area contributed by atoms with Gasteiger partial charge in [-0.25, -0.2) is 8.42 Å². The number of rotatable bonds is 4. The van der Waals surface area contributed by atoms with Gasteiger partial charge in [0.25, 0.3) is 0 Å². The normalized spacial score (nSPS) is 12.3. The predicted octanol–water partition coefficient (Wildman–Crippen LogP) is -1.82. The summed E-state index contributed by atoms with van der Waals surface area (Å²) in [6.07, 6.45) is -5.37. The Bertz CT molecular complexity index is 225.